The Bertz CT molecular complexity index is 1220. The fourth-order valence-corrected chi connectivity index (χ4v) is 4.00. The van der Waals surface area contributed by atoms with Crippen molar-refractivity contribution in [1.82, 2.24) is 14.8 Å². The number of carbonyl (C=O) groups excluding carboxylic acids is 1. The number of carbonyl (C=O) groups is 1. The van der Waals surface area contributed by atoms with Crippen LogP contribution in [0, 0.1) is 0 Å². The van der Waals surface area contributed by atoms with Gasteiger partial charge in [0.2, 0.25) is 11.9 Å². The Kier molecular flexibility index (Phi) is 5.51. The summed E-state index contributed by atoms with van der Waals surface area (Å²) >= 11 is 12.7. The van der Waals surface area contributed by atoms with Gasteiger partial charge in [-0.25, -0.2) is 4.68 Å². The number of aromatic nitrogens is 3. The van der Waals surface area contributed by atoms with Crippen molar-refractivity contribution >= 4 is 35.1 Å². The van der Waals surface area contributed by atoms with Gasteiger partial charge in [0.15, 0.2) is 17.3 Å². The van der Waals surface area contributed by atoms with Gasteiger partial charge in [-0.05, 0) is 31.2 Å². The van der Waals surface area contributed by atoms with Crippen LogP contribution in [-0.2, 0) is 4.79 Å². The number of allylic oxidation sites excluding steroid dienone is 1. The Hall–Kier alpha value is -3.23. The summed E-state index contributed by atoms with van der Waals surface area (Å²) in [6, 6.07) is 9.88. The summed E-state index contributed by atoms with van der Waals surface area (Å²) < 4.78 is 12.3. The topological polar surface area (TPSA) is 104 Å². The van der Waals surface area contributed by atoms with Crippen molar-refractivity contribution in [3.05, 3.63) is 63.3 Å². The number of anilines is 1. The average Bonchev–Trinajstić information content (AvgIpc) is 3.17. The molecule has 1 aliphatic rings. The van der Waals surface area contributed by atoms with Crippen LogP contribution in [0.1, 0.15) is 18.5 Å². The predicted octanol–water partition coefficient (Wildman–Crippen LogP) is 4.04. The molecule has 1 unspecified atom stereocenters. The fraction of sp³-hybridized carbons (Fsp3) is 0.190. The number of hydrogen-bond donors (Lipinski definition) is 2. The van der Waals surface area contributed by atoms with Crippen molar-refractivity contribution in [2.75, 3.05) is 19.5 Å². The van der Waals surface area contributed by atoms with Crippen LogP contribution in [0.25, 0.3) is 11.4 Å². The van der Waals surface area contributed by atoms with Crippen LogP contribution in [0.15, 0.2) is 47.7 Å². The van der Waals surface area contributed by atoms with Crippen molar-refractivity contribution in [2.24, 2.45) is 5.73 Å². The molecule has 0 saturated carbocycles. The molecule has 0 bridgehead atoms. The molecule has 1 amide bonds. The maximum absolute atomic E-state index is 12.3. The van der Waals surface area contributed by atoms with Crippen molar-refractivity contribution in [3.8, 4) is 22.9 Å². The summed E-state index contributed by atoms with van der Waals surface area (Å²) in [6.07, 6.45) is 0. The lowest BCUT2D eigenvalue weighted by atomic mass is 9.95. The predicted molar refractivity (Wildman–Crippen MR) is 119 cm³/mol. The fourth-order valence-electron chi connectivity index (χ4n) is 3.59. The van der Waals surface area contributed by atoms with Crippen LogP contribution < -0.4 is 20.5 Å². The van der Waals surface area contributed by atoms with Crippen LogP contribution in [0.5, 0.6) is 11.5 Å². The number of nitrogens with zero attached hydrogens (tertiary/aromatic N) is 3. The molecule has 1 aromatic heterocycles. The zero-order valence-electron chi connectivity index (χ0n) is 16.9. The monoisotopic (exact) mass is 459 g/mol. The van der Waals surface area contributed by atoms with Gasteiger partial charge in [0.25, 0.3) is 0 Å². The molecule has 0 fully saturated rings. The van der Waals surface area contributed by atoms with Gasteiger partial charge in [-0.1, -0.05) is 35.3 Å². The zero-order chi connectivity index (χ0) is 22.3. The Morgan fingerprint density at radius 3 is 2.58 bits per heavy atom. The highest BCUT2D eigenvalue weighted by molar-refractivity contribution is 6.42. The first-order valence-electron chi connectivity index (χ1n) is 9.26. The second-order valence-electron chi connectivity index (χ2n) is 6.85. The highest BCUT2D eigenvalue weighted by atomic mass is 35.5. The quantitative estimate of drug-likeness (QED) is 0.596. The van der Waals surface area contributed by atoms with E-state index in [1.54, 1.807) is 56.2 Å². The summed E-state index contributed by atoms with van der Waals surface area (Å²) in [4.78, 5) is 16.9. The van der Waals surface area contributed by atoms with E-state index in [0.717, 1.165) is 0 Å². The smallest absolute Gasteiger partial charge is 0.248 e. The molecule has 3 aromatic rings. The highest BCUT2D eigenvalue weighted by Gasteiger charge is 2.35. The largest absolute Gasteiger partial charge is 0.493 e. The minimum Gasteiger partial charge on any atom is -0.493 e. The molecular weight excluding hydrogens is 441 g/mol. The number of primary amides is 1. The lowest BCUT2D eigenvalue weighted by Crippen LogP contribution is -2.32. The minimum atomic E-state index is -0.693. The molecule has 2 heterocycles. The van der Waals surface area contributed by atoms with E-state index in [9.17, 15) is 4.79 Å². The SMILES string of the molecule is COc1ccc(-c2nc3n(n2)C(c2cccc(Cl)c2Cl)C(C(N)=O)=C(C)N3)cc1OC. The van der Waals surface area contributed by atoms with E-state index in [1.807, 2.05) is 6.07 Å². The number of ether oxygens (including phenoxy) is 2. The Morgan fingerprint density at radius 1 is 1.16 bits per heavy atom. The summed E-state index contributed by atoms with van der Waals surface area (Å²) in [5, 5.41) is 8.43. The van der Waals surface area contributed by atoms with Gasteiger partial charge in [-0.2, -0.15) is 4.98 Å². The van der Waals surface area contributed by atoms with Gasteiger partial charge in [0.05, 0.1) is 29.8 Å². The first-order chi connectivity index (χ1) is 14.8. The van der Waals surface area contributed by atoms with E-state index in [0.29, 0.717) is 55.7 Å². The van der Waals surface area contributed by atoms with E-state index >= 15 is 0 Å². The van der Waals surface area contributed by atoms with E-state index < -0.39 is 11.9 Å². The summed E-state index contributed by atoms with van der Waals surface area (Å²) in [5.74, 6) is 1.39. The minimum absolute atomic E-state index is 0.316. The summed E-state index contributed by atoms with van der Waals surface area (Å²) in [6.45, 7) is 1.75. The first kappa shape index (κ1) is 21.0. The van der Waals surface area contributed by atoms with Crippen LogP contribution >= 0.6 is 23.2 Å². The molecule has 1 aliphatic heterocycles. The number of fused-ring (bicyclic) bond motifs is 1. The van der Waals surface area contributed by atoms with E-state index in [4.69, 9.17) is 38.4 Å². The van der Waals surface area contributed by atoms with Crippen LogP contribution in [0.2, 0.25) is 10.0 Å². The molecule has 0 radical (unpaired) electrons. The molecule has 2 aromatic carbocycles. The molecule has 0 aliphatic carbocycles. The van der Waals surface area contributed by atoms with Crippen LogP contribution in [-0.4, -0.2) is 34.9 Å². The first-order valence-corrected chi connectivity index (χ1v) is 10.0. The van der Waals surface area contributed by atoms with Gasteiger partial charge < -0.3 is 20.5 Å². The standard InChI is InChI=1S/C21H19Cl2N5O3/c1-10-16(19(24)29)18(12-5-4-6-13(22)17(12)23)28-21(25-10)26-20(27-28)11-7-8-14(30-2)15(9-11)31-3/h4-9,18H,1-3H3,(H2,24,29)(H,25,26,27). The van der Waals surface area contributed by atoms with Crippen LogP contribution in [0.3, 0.4) is 0 Å². The Balaban J connectivity index is 1.89. The maximum atomic E-state index is 12.3. The van der Waals surface area contributed by atoms with Gasteiger partial charge >= 0.3 is 0 Å². The van der Waals surface area contributed by atoms with Crippen molar-refractivity contribution < 1.29 is 14.3 Å². The number of halogens is 2. The molecule has 3 N–H and O–H groups in total. The van der Waals surface area contributed by atoms with Crippen LogP contribution in [0.4, 0.5) is 5.95 Å². The third kappa shape index (κ3) is 3.58. The Labute approximate surface area is 188 Å². The number of benzene rings is 2. The van der Waals surface area contributed by atoms with Crippen molar-refractivity contribution in [3.63, 3.8) is 0 Å². The van der Waals surface area contributed by atoms with Crippen molar-refractivity contribution in [1.29, 1.82) is 0 Å². The lowest BCUT2D eigenvalue weighted by molar-refractivity contribution is -0.115. The van der Waals surface area contributed by atoms with Gasteiger partial charge in [0, 0.05) is 16.8 Å². The number of nitrogens with one attached hydrogen (secondary N) is 1. The third-order valence-corrected chi connectivity index (χ3v) is 5.87. The number of rotatable bonds is 5. The van der Waals surface area contributed by atoms with Gasteiger partial charge in [-0.15, -0.1) is 5.10 Å². The molecule has 0 saturated heterocycles. The van der Waals surface area contributed by atoms with E-state index in [2.05, 4.69) is 15.4 Å². The molecule has 8 nitrogen and oxygen atoms in total. The number of hydrogen-bond acceptors (Lipinski definition) is 6. The number of methoxy groups -OCH3 is 2. The van der Waals surface area contributed by atoms with Crippen molar-refractivity contribution in [2.45, 2.75) is 13.0 Å². The summed E-state index contributed by atoms with van der Waals surface area (Å²) in [5.41, 5.74) is 7.89. The number of nitrogens with two attached hydrogens (primary N) is 1. The van der Waals surface area contributed by atoms with E-state index in [-0.39, 0.29) is 0 Å². The Morgan fingerprint density at radius 2 is 1.90 bits per heavy atom. The average molecular weight is 460 g/mol. The lowest BCUT2D eigenvalue weighted by Gasteiger charge is -2.28. The maximum Gasteiger partial charge on any atom is 0.248 e. The molecule has 4 rings (SSSR count). The highest BCUT2D eigenvalue weighted by Crippen LogP contribution is 2.41. The zero-order valence-corrected chi connectivity index (χ0v) is 18.5. The van der Waals surface area contributed by atoms with Gasteiger partial charge in [0.1, 0.15) is 6.04 Å². The molecule has 10 heteroatoms. The third-order valence-electron chi connectivity index (χ3n) is 5.04. The second-order valence-corrected chi connectivity index (χ2v) is 7.63. The molecule has 160 valence electrons. The molecular formula is C21H19Cl2N5O3. The van der Waals surface area contributed by atoms with E-state index in [1.165, 1.54) is 0 Å². The normalized spacial score (nSPS) is 15.3. The second kappa shape index (κ2) is 8.13. The number of amides is 1. The van der Waals surface area contributed by atoms with Gasteiger partial charge in [-0.3, -0.25) is 4.79 Å². The summed E-state index contributed by atoms with van der Waals surface area (Å²) in [7, 11) is 3.12. The molecule has 0 spiro atoms. The molecule has 31 heavy (non-hydrogen) atoms. The molecule has 1 atom stereocenters.